The summed E-state index contributed by atoms with van der Waals surface area (Å²) < 4.78 is 34.3. The maximum atomic E-state index is 14.6. The van der Waals surface area contributed by atoms with Crippen LogP contribution in [0.1, 0.15) is 85.0 Å². The maximum Gasteiger partial charge on any atom is 0.274 e. The summed E-state index contributed by atoms with van der Waals surface area (Å²) in [5.74, 6) is -0.544. The van der Waals surface area contributed by atoms with Gasteiger partial charge in [-0.25, -0.2) is 0 Å². The van der Waals surface area contributed by atoms with Gasteiger partial charge in [-0.2, -0.15) is 0 Å². The van der Waals surface area contributed by atoms with Gasteiger partial charge in [0.05, 0.1) is 63.9 Å². The number of nitrogens with zero attached hydrogens (tertiary/aromatic N) is 2. The molecule has 2 aliphatic heterocycles. The molecule has 3 atom stereocenters. The summed E-state index contributed by atoms with van der Waals surface area (Å²) in [7, 11) is 4.56. The Hall–Kier alpha value is -6.30. The van der Waals surface area contributed by atoms with Crippen LogP contribution in [0.5, 0.6) is 23.0 Å². The van der Waals surface area contributed by atoms with E-state index >= 15 is 0 Å². The number of nitrogens with one attached hydrogen (secondary N) is 4. The molecule has 2 aromatic heterocycles. The molecular weight excluding hydrogens is 896 g/mol. The smallest absolute Gasteiger partial charge is 0.274 e. The number of hydrogen-bond acceptors (Lipinski definition) is 11. The zero-order chi connectivity index (χ0) is 48.6. The zero-order valence-electron chi connectivity index (χ0n) is 39.7. The van der Waals surface area contributed by atoms with Gasteiger partial charge in [-0.15, -0.1) is 11.6 Å². The number of rotatable bonds is 21. The van der Waals surface area contributed by atoms with Gasteiger partial charge in [-0.1, -0.05) is 39.8 Å². The number of halogens is 1. The molecule has 0 unspecified atom stereocenters. The fourth-order valence-corrected chi connectivity index (χ4v) is 8.98. The van der Waals surface area contributed by atoms with Crippen LogP contribution in [-0.2, 0) is 30.5 Å². The van der Waals surface area contributed by atoms with E-state index in [1.165, 1.54) is 21.3 Å². The van der Waals surface area contributed by atoms with Gasteiger partial charge >= 0.3 is 0 Å². The van der Waals surface area contributed by atoms with Crippen molar-refractivity contribution < 1.29 is 52.4 Å². The van der Waals surface area contributed by atoms with Gasteiger partial charge in [0.15, 0.2) is 17.3 Å². The van der Waals surface area contributed by atoms with Crippen LogP contribution in [0.3, 0.4) is 0 Å². The van der Waals surface area contributed by atoms with Crippen LogP contribution in [0, 0.1) is 11.8 Å². The number of carbonyl (C=O) groups excluding carboxylic acids is 5. The standard InChI is InChI=1S/C50H61ClN6O11/c1-8-16-66-17-13-41(59)55-43(28(2)3)38(58)20-29(4)48(60)52-33-11-9-30(10-12-33)27-68-39-24-37-42(34-23-36(54-45(34)39)49(61)56-14-18-67-19-15-56)32(25-51)26-57(37)50(62)35-21-31-22-40(63-5)46(64-6)47(65-7)44(31)53-35/h9-12,21-24,28-29,32,43,53-54H,8,13-20,25-27H2,1-7H3,(H,52,60)(H,55,59)/t29-,32+,43+/m0/s1. The number of aromatic amines is 2. The summed E-state index contributed by atoms with van der Waals surface area (Å²) in [6.45, 7) is 10.4. The van der Waals surface area contributed by atoms with E-state index in [0.717, 1.165) is 17.5 Å². The number of carbonyl (C=O) groups is 5. The lowest BCUT2D eigenvalue weighted by Crippen LogP contribution is -2.45. The van der Waals surface area contributed by atoms with Gasteiger partial charge in [0, 0.05) is 79.3 Å². The summed E-state index contributed by atoms with van der Waals surface area (Å²) in [6, 6.07) is 13.6. The van der Waals surface area contributed by atoms with Crippen molar-refractivity contribution in [3.8, 4) is 23.0 Å². The van der Waals surface area contributed by atoms with E-state index in [9.17, 15) is 24.0 Å². The zero-order valence-corrected chi connectivity index (χ0v) is 40.4. The number of benzene rings is 3. The molecule has 4 amide bonds. The second-order valence-corrected chi connectivity index (χ2v) is 17.7. The monoisotopic (exact) mass is 956 g/mol. The fraction of sp³-hybridized carbons (Fsp3) is 0.460. The van der Waals surface area contributed by atoms with Gasteiger partial charge < -0.3 is 58.8 Å². The molecule has 3 aromatic carbocycles. The van der Waals surface area contributed by atoms with Crippen molar-refractivity contribution in [2.75, 3.05) is 83.5 Å². The summed E-state index contributed by atoms with van der Waals surface area (Å²) >= 11 is 6.66. The van der Waals surface area contributed by atoms with Gasteiger partial charge in [0.1, 0.15) is 23.7 Å². The minimum absolute atomic E-state index is 0.0450. The van der Waals surface area contributed by atoms with Gasteiger partial charge in [-0.3, -0.25) is 24.0 Å². The van der Waals surface area contributed by atoms with Crippen LogP contribution in [0.15, 0.2) is 48.5 Å². The van der Waals surface area contributed by atoms with E-state index in [0.29, 0.717) is 100 Å². The third-order valence-electron chi connectivity index (χ3n) is 12.3. The Morgan fingerprint density at radius 1 is 0.853 bits per heavy atom. The SMILES string of the molecule is CCCOCCC(=O)N[C@@H](C(=O)C[C@H](C)C(=O)Nc1ccc(COc2cc3c(c4cc(C(=O)N5CCOCC5)[nH]c24)[C@H](CCl)CN3C(=O)c2cc3cc(OC)c(OC)c(OC)c3[nH]2)cc1)C(C)C. The van der Waals surface area contributed by atoms with Crippen LogP contribution >= 0.6 is 11.6 Å². The summed E-state index contributed by atoms with van der Waals surface area (Å²) in [4.78, 5) is 77.6. The lowest BCUT2D eigenvalue weighted by atomic mass is 9.92. The normalized spacial score (nSPS) is 15.6. The molecule has 0 radical (unpaired) electrons. The highest BCUT2D eigenvalue weighted by atomic mass is 35.5. The van der Waals surface area contributed by atoms with E-state index in [-0.39, 0.29) is 79.7 Å². The van der Waals surface area contributed by atoms with Gasteiger partial charge in [0.25, 0.3) is 11.8 Å². The first kappa shape index (κ1) is 49.6. The molecule has 1 fully saturated rings. The number of amides is 4. The van der Waals surface area contributed by atoms with Crippen molar-refractivity contribution in [1.82, 2.24) is 20.2 Å². The second kappa shape index (κ2) is 22.2. The second-order valence-electron chi connectivity index (χ2n) is 17.4. The molecule has 68 heavy (non-hydrogen) atoms. The highest BCUT2D eigenvalue weighted by molar-refractivity contribution is 6.19. The molecular formula is C50H61ClN6O11. The number of morpholine rings is 1. The molecule has 5 aromatic rings. The van der Waals surface area contributed by atoms with Crippen molar-refractivity contribution in [2.45, 2.75) is 65.5 Å². The van der Waals surface area contributed by atoms with Crippen molar-refractivity contribution in [2.24, 2.45) is 11.8 Å². The minimum Gasteiger partial charge on any atom is -0.493 e. The number of hydrogen-bond donors (Lipinski definition) is 4. The minimum atomic E-state index is -0.720. The first-order chi connectivity index (χ1) is 32.8. The number of H-pyrrole nitrogens is 2. The number of fused-ring (bicyclic) bond motifs is 4. The highest BCUT2D eigenvalue weighted by Crippen LogP contribution is 2.48. The third-order valence-corrected chi connectivity index (χ3v) is 12.7. The molecule has 4 N–H and O–H groups in total. The Morgan fingerprint density at radius 3 is 2.22 bits per heavy atom. The van der Waals surface area contributed by atoms with Crippen LogP contribution in [0.2, 0.25) is 0 Å². The number of ether oxygens (including phenoxy) is 6. The van der Waals surface area contributed by atoms with E-state index < -0.39 is 12.0 Å². The van der Waals surface area contributed by atoms with E-state index in [1.54, 1.807) is 41.0 Å². The van der Waals surface area contributed by atoms with Crippen molar-refractivity contribution in [1.29, 1.82) is 0 Å². The average Bonchev–Trinajstić information content (AvgIpc) is 4.09. The Kier molecular flexibility index (Phi) is 16.2. The summed E-state index contributed by atoms with van der Waals surface area (Å²) in [6.07, 6.45) is 0.959. The summed E-state index contributed by atoms with van der Waals surface area (Å²) in [5.41, 5.74) is 4.55. The number of anilines is 2. The van der Waals surface area contributed by atoms with Gasteiger partial charge in [-0.05, 0) is 53.8 Å². The Labute approximate surface area is 400 Å². The molecule has 0 bridgehead atoms. The predicted molar refractivity (Wildman–Crippen MR) is 259 cm³/mol. The number of methoxy groups -OCH3 is 3. The lowest BCUT2D eigenvalue weighted by molar-refractivity contribution is -0.131. The number of ketones is 1. The average molecular weight is 958 g/mol. The third kappa shape index (κ3) is 10.7. The van der Waals surface area contributed by atoms with E-state index in [4.69, 9.17) is 40.0 Å². The Bertz CT molecular complexity index is 2640. The first-order valence-corrected chi connectivity index (χ1v) is 23.5. The van der Waals surface area contributed by atoms with Crippen LogP contribution in [0.25, 0.3) is 21.8 Å². The van der Waals surface area contributed by atoms with Crippen molar-refractivity contribution in [3.05, 3.63) is 71.0 Å². The molecule has 0 spiro atoms. The molecule has 1 saturated heterocycles. The largest absolute Gasteiger partial charge is 0.493 e. The molecule has 0 aliphatic carbocycles. The molecule has 4 heterocycles. The molecule has 0 saturated carbocycles. The number of alkyl halides is 1. The number of Topliss-reactive ketones (excluding diaryl/α,β-unsaturated/α-hetero) is 1. The quantitative estimate of drug-likeness (QED) is 0.0428. The fourth-order valence-electron chi connectivity index (χ4n) is 8.73. The predicted octanol–water partition coefficient (Wildman–Crippen LogP) is 7.20. The Morgan fingerprint density at radius 2 is 1.56 bits per heavy atom. The van der Waals surface area contributed by atoms with Crippen molar-refractivity contribution in [3.63, 3.8) is 0 Å². The first-order valence-electron chi connectivity index (χ1n) is 23.0. The van der Waals surface area contributed by atoms with Crippen LogP contribution in [0.4, 0.5) is 11.4 Å². The van der Waals surface area contributed by atoms with Gasteiger partial charge in [0.2, 0.25) is 17.6 Å². The molecule has 17 nitrogen and oxygen atoms in total. The maximum absolute atomic E-state index is 14.6. The summed E-state index contributed by atoms with van der Waals surface area (Å²) in [5, 5.41) is 7.12. The molecule has 364 valence electrons. The van der Waals surface area contributed by atoms with Crippen LogP contribution < -0.4 is 34.5 Å². The van der Waals surface area contributed by atoms with Crippen molar-refractivity contribution >= 4 is 74.2 Å². The topological polar surface area (TPSA) is 203 Å². The molecule has 18 heteroatoms. The van der Waals surface area contributed by atoms with E-state index in [2.05, 4.69) is 20.6 Å². The molecule has 2 aliphatic rings. The number of aromatic nitrogens is 2. The molecule has 7 rings (SSSR count). The lowest BCUT2D eigenvalue weighted by Gasteiger charge is -2.26. The van der Waals surface area contributed by atoms with Crippen LogP contribution in [-0.4, -0.2) is 124 Å². The highest BCUT2D eigenvalue weighted by Gasteiger charge is 2.37. The Balaban J connectivity index is 1.11. The van der Waals surface area contributed by atoms with E-state index in [1.807, 2.05) is 45.0 Å².